The second kappa shape index (κ2) is 5.88. The summed E-state index contributed by atoms with van der Waals surface area (Å²) in [5.74, 6) is 0. The minimum atomic E-state index is 0.737. The Morgan fingerprint density at radius 2 is 2.29 bits per heavy atom. The van der Waals surface area contributed by atoms with Crippen LogP contribution in [0, 0.1) is 0 Å². The molecule has 0 aliphatic carbocycles. The number of likely N-dealkylation sites (N-methyl/N-ethyl adjacent to an activating group) is 1. The zero-order valence-corrected chi connectivity index (χ0v) is 9.67. The summed E-state index contributed by atoms with van der Waals surface area (Å²) in [6.07, 6.45) is 3.91. The molecule has 0 aliphatic heterocycles. The van der Waals surface area contributed by atoms with Gasteiger partial charge in [-0.1, -0.05) is 0 Å². The Hall–Kier alpha value is -0.740. The van der Waals surface area contributed by atoms with Crippen LogP contribution in [-0.4, -0.2) is 38.5 Å². The average molecular weight is 212 g/mol. The Balaban J connectivity index is 2.57. The van der Waals surface area contributed by atoms with Crippen molar-refractivity contribution < 1.29 is 4.74 Å². The Labute approximate surface area is 89.5 Å². The third kappa shape index (κ3) is 3.20. The minimum absolute atomic E-state index is 0.737. The van der Waals surface area contributed by atoms with E-state index in [4.69, 9.17) is 4.74 Å². The summed E-state index contributed by atoms with van der Waals surface area (Å²) in [6, 6.07) is 4.11. The number of hydrogen-bond acceptors (Lipinski definition) is 4. The van der Waals surface area contributed by atoms with Crippen molar-refractivity contribution in [2.45, 2.75) is 5.03 Å². The topological polar surface area (TPSA) is 25.4 Å². The molecule has 0 amide bonds. The van der Waals surface area contributed by atoms with Gasteiger partial charge < -0.3 is 9.64 Å². The van der Waals surface area contributed by atoms with E-state index in [0.29, 0.717) is 0 Å². The Morgan fingerprint density at radius 3 is 2.79 bits per heavy atom. The molecule has 0 aliphatic rings. The quantitative estimate of drug-likeness (QED) is 0.696. The zero-order chi connectivity index (χ0) is 10.4. The maximum atomic E-state index is 5.01. The molecule has 0 saturated carbocycles. The molecule has 1 aromatic heterocycles. The van der Waals surface area contributed by atoms with Gasteiger partial charge in [0.15, 0.2) is 0 Å². The molecule has 0 bridgehead atoms. The molecular formula is C10H16N2OS. The van der Waals surface area contributed by atoms with Crippen molar-refractivity contribution in [2.24, 2.45) is 0 Å². The van der Waals surface area contributed by atoms with Crippen molar-refractivity contribution in [2.75, 3.05) is 38.5 Å². The Bertz CT molecular complexity index is 263. The Kier molecular flexibility index (Phi) is 4.76. The van der Waals surface area contributed by atoms with Crippen molar-refractivity contribution in [3.8, 4) is 0 Å². The second-order valence-corrected chi connectivity index (χ2v) is 3.80. The van der Waals surface area contributed by atoms with Crippen LogP contribution in [0.3, 0.4) is 0 Å². The van der Waals surface area contributed by atoms with Crippen LogP contribution in [0.25, 0.3) is 0 Å². The summed E-state index contributed by atoms with van der Waals surface area (Å²) in [5, 5.41) is 1.05. The van der Waals surface area contributed by atoms with Crippen molar-refractivity contribution in [1.82, 2.24) is 4.98 Å². The van der Waals surface area contributed by atoms with E-state index in [1.807, 2.05) is 25.6 Å². The average Bonchev–Trinajstić information content (AvgIpc) is 2.26. The van der Waals surface area contributed by atoms with Crippen molar-refractivity contribution in [3.05, 3.63) is 18.3 Å². The molecule has 3 nitrogen and oxygen atoms in total. The van der Waals surface area contributed by atoms with E-state index in [1.54, 1.807) is 18.9 Å². The normalized spacial score (nSPS) is 10.2. The molecule has 78 valence electrons. The van der Waals surface area contributed by atoms with Crippen molar-refractivity contribution in [1.29, 1.82) is 0 Å². The monoisotopic (exact) mass is 212 g/mol. The summed E-state index contributed by atoms with van der Waals surface area (Å²) in [7, 11) is 3.75. The largest absolute Gasteiger partial charge is 0.383 e. The smallest absolute Gasteiger partial charge is 0.0958 e. The minimum Gasteiger partial charge on any atom is -0.383 e. The highest BCUT2D eigenvalue weighted by Crippen LogP contribution is 2.16. The zero-order valence-electron chi connectivity index (χ0n) is 8.86. The third-order valence-electron chi connectivity index (χ3n) is 2.00. The van der Waals surface area contributed by atoms with Gasteiger partial charge in [-0.15, -0.1) is 11.8 Å². The van der Waals surface area contributed by atoms with Gasteiger partial charge in [-0.3, -0.25) is 0 Å². The van der Waals surface area contributed by atoms with Gasteiger partial charge in [0.05, 0.1) is 23.5 Å². The molecule has 0 N–H and O–H groups in total. The van der Waals surface area contributed by atoms with E-state index in [9.17, 15) is 0 Å². The van der Waals surface area contributed by atoms with E-state index in [-0.39, 0.29) is 0 Å². The standard InChI is InChI=1S/C10H16N2OS/c1-12(6-7-13-2)9-4-5-10(14-3)11-8-9/h4-5,8H,6-7H2,1-3H3. The number of pyridine rings is 1. The molecular weight excluding hydrogens is 196 g/mol. The molecule has 0 unspecified atom stereocenters. The molecule has 1 heterocycles. The van der Waals surface area contributed by atoms with Crippen LogP contribution >= 0.6 is 11.8 Å². The lowest BCUT2D eigenvalue weighted by Gasteiger charge is -2.18. The maximum absolute atomic E-state index is 5.01. The van der Waals surface area contributed by atoms with Crippen LogP contribution in [0.2, 0.25) is 0 Å². The molecule has 0 radical (unpaired) electrons. The van der Waals surface area contributed by atoms with E-state index < -0.39 is 0 Å². The lowest BCUT2D eigenvalue weighted by molar-refractivity contribution is 0.206. The van der Waals surface area contributed by atoms with Crippen LogP contribution < -0.4 is 4.90 Å². The highest BCUT2D eigenvalue weighted by molar-refractivity contribution is 7.98. The van der Waals surface area contributed by atoms with Gasteiger partial charge in [0.2, 0.25) is 0 Å². The number of methoxy groups -OCH3 is 1. The first-order valence-electron chi connectivity index (χ1n) is 4.48. The molecule has 0 spiro atoms. The van der Waals surface area contributed by atoms with Gasteiger partial charge in [-0.25, -0.2) is 4.98 Å². The summed E-state index contributed by atoms with van der Waals surface area (Å²) >= 11 is 1.65. The number of hydrogen-bond donors (Lipinski definition) is 0. The maximum Gasteiger partial charge on any atom is 0.0958 e. The number of rotatable bonds is 5. The summed E-state index contributed by atoms with van der Waals surface area (Å²) < 4.78 is 5.01. The van der Waals surface area contributed by atoms with Gasteiger partial charge in [-0.2, -0.15) is 0 Å². The molecule has 14 heavy (non-hydrogen) atoms. The van der Waals surface area contributed by atoms with Crippen molar-refractivity contribution in [3.63, 3.8) is 0 Å². The first-order chi connectivity index (χ1) is 6.77. The van der Waals surface area contributed by atoms with E-state index in [0.717, 1.165) is 23.9 Å². The fourth-order valence-corrected chi connectivity index (χ4v) is 1.44. The van der Waals surface area contributed by atoms with Gasteiger partial charge in [0.25, 0.3) is 0 Å². The molecule has 1 rings (SSSR count). The van der Waals surface area contributed by atoms with Crippen LogP contribution in [-0.2, 0) is 4.74 Å². The second-order valence-electron chi connectivity index (χ2n) is 2.97. The first kappa shape index (κ1) is 11.3. The van der Waals surface area contributed by atoms with Gasteiger partial charge in [-0.05, 0) is 18.4 Å². The van der Waals surface area contributed by atoms with Gasteiger partial charge in [0, 0.05) is 20.7 Å². The number of anilines is 1. The fourth-order valence-electron chi connectivity index (χ4n) is 1.08. The summed E-state index contributed by atoms with van der Waals surface area (Å²) in [4.78, 5) is 6.43. The number of ether oxygens (including phenoxy) is 1. The van der Waals surface area contributed by atoms with Gasteiger partial charge >= 0.3 is 0 Å². The predicted molar refractivity (Wildman–Crippen MR) is 61.2 cm³/mol. The Morgan fingerprint density at radius 1 is 1.50 bits per heavy atom. The summed E-state index contributed by atoms with van der Waals surface area (Å²) in [6.45, 7) is 1.62. The van der Waals surface area contributed by atoms with Crippen LogP contribution in [0.5, 0.6) is 0 Å². The van der Waals surface area contributed by atoms with E-state index in [2.05, 4.69) is 16.0 Å². The van der Waals surface area contributed by atoms with Crippen molar-refractivity contribution >= 4 is 17.4 Å². The molecule has 0 atom stereocenters. The lowest BCUT2D eigenvalue weighted by Crippen LogP contribution is -2.22. The lowest BCUT2D eigenvalue weighted by atomic mass is 10.4. The number of thioether (sulfide) groups is 1. The third-order valence-corrected chi connectivity index (χ3v) is 2.66. The fraction of sp³-hybridized carbons (Fsp3) is 0.500. The predicted octanol–water partition coefficient (Wildman–Crippen LogP) is 1.89. The van der Waals surface area contributed by atoms with Crippen LogP contribution in [0.15, 0.2) is 23.4 Å². The molecule has 1 aromatic rings. The number of nitrogens with zero attached hydrogens (tertiary/aromatic N) is 2. The molecule has 0 aromatic carbocycles. The molecule has 0 saturated heterocycles. The van der Waals surface area contributed by atoms with Crippen LogP contribution in [0.1, 0.15) is 0 Å². The SMILES string of the molecule is COCCN(C)c1ccc(SC)nc1. The van der Waals surface area contributed by atoms with E-state index in [1.165, 1.54) is 0 Å². The van der Waals surface area contributed by atoms with Gasteiger partial charge in [0.1, 0.15) is 0 Å². The van der Waals surface area contributed by atoms with Crippen LogP contribution in [0.4, 0.5) is 5.69 Å². The molecule has 4 heteroatoms. The highest BCUT2D eigenvalue weighted by atomic mass is 32.2. The summed E-state index contributed by atoms with van der Waals surface area (Å²) in [5.41, 5.74) is 1.12. The van der Waals surface area contributed by atoms with E-state index >= 15 is 0 Å². The molecule has 0 fully saturated rings. The highest BCUT2D eigenvalue weighted by Gasteiger charge is 2.00. The first-order valence-corrected chi connectivity index (χ1v) is 5.70. The number of aromatic nitrogens is 1.